The number of ether oxygens (including phenoxy) is 3. The number of hydrogen-bond acceptors (Lipinski definition) is 7. The van der Waals surface area contributed by atoms with E-state index in [2.05, 4.69) is 0 Å². The summed E-state index contributed by atoms with van der Waals surface area (Å²) in [6, 6.07) is 7.97. The Morgan fingerprint density at radius 3 is 2.32 bits per heavy atom. The molecule has 1 aromatic carbocycles. The molecule has 1 unspecified atom stereocenters. The fraction of sp³-hybridized carbons (Fsp3) is 0.300. The zero-order valence-corrected chi connectivity index (χ0v) is 16.6. The lowest BCUT2D eigenvalue weighted by Gasteiger charge is -2.24. The van der Waals surface area contributed by atoms with Gasteiger partial charge in [-0.3, -0.25) is 9.59 Å². The van der Waals surface area contributed by atoms with Gasteiger partial charge in [-0.2, -0.15) is 0 Å². The summed E-state index contributed by atoms with van der Waals surface area (Å²) < 4.78 is 15.8. The van der Waals surface area contributed by atoms with Crippen LogP contribution in [-0.4, -0.2) is 56.2 Å². The lowest BCUT2D eigenvalue weighted by Crippen LogP contribution is -2.32. The van der Waals surface area contributed by atoms with Crippen LogP contribution in [0.15, 0.2) is 41.3 Å². The SMILES string of the molecule is COCCN1C(=O)C(=O)/C(=C(/O)c2c(OC)cccc2OC)C1c1cccs1. The van der Waals surface area contributed by atoms with Gasteiger partial charge in [0.1, 0.15) is 22.8 Å². The van der Waals surface area contributed by atoms with E-state index in [4.69, 9.17) is 14.2 Å². The number of methoxy groups -OCH3 is 3. The first kappa shape index (κ1) is 19.9. The van der Waals surface area contributed by atoms with Gasteiger partial charge in [0.05, 0.1) is 32.4 Å². The summed E-state index contributed by atoms with van der Waals surface area (Å²) in [7, 11) is 4.44. The van der Waals surface area contributed by atoms with Gasteiger partial charge in [0, 0.05) is 18.5 Å². The lowest BCUT2D eigenvalue weighted by atomic mass is 9.98. The maximum Gasteiger partial charge on any atom is 0.295 e. The largest absolute Gasteiger partial charge is 0.506 e. The first-order valence-corrected chi connectivity index (χ1v) is 9.45. The highest BCUT2D eigenvalue weighted by molar-refractivity contribution is 7.10. The summed E-state index contributed by atoms with van der Waals surface area (Å²) in [5.74, 6) is -1.08. The van der Waals surface area contributed by atoms with Crippen LogP contribution >= 0.6 is 11.3 Å². The van der Waals surface area contributed by atoms with E-state index >= 15 is 0 Å². The van der Waals surface area contributed by atoms with Crippen molar-refractivity contribution in [3.63, 3.8) is 0 Å². The Labute approximate surface area is 166 Å². The summed E-state index contributed by atoms with van der Waals surface area (Å²) in [5, 5.41) is 13.0. The van der Waals surface area contributed by atoms with Gasteiger partial charge in [-0.25, -0.2) is 0 Å². The zero-order chi connectivity index (χ0) is 20.3. The number of benzene rings is 1. The highest BCUT2D eigenvalue weighted by atomic mass is 32.1. The molecule has 0 radical (unpaired) electrons. The molecule has 1 atom stereocenters. The van der Waals surface area contributed by atoms with Crippen LogP contribution in [0.4, 0.5) is 0 Å². The minimum Gasteiger partial charge on any atom is -0.506 e. The summed E-state index contributed by atoms with van der Waals surface area (Å²) in [4.78, 5) is 27.8. The van der Waals surface area contributed by atoms with Crippen molar-refractivity contribution in [3.05, 3.63) is 51.7 Å². The van der Waals surface area contributed by atoms with Crippen molar-refractivity contribution in [1.82, 2.24) is 4.90 Å². The van der Waals surface area contributed by atoms with E-state index in [1.807, 2.05) is 17.5 Å². The number of rotatable bonds is 7. The third kappa shape index (κ3) is 3.36. The van der Waals surface area contributed by atoms with Crippen LogP contribution in [-0.2, 0) is 14.3 Å². The first-order chi connectivity index (χ1) is 13.5. The van der Waals surface area contributed by atoms with Crippen molar-refractivity contribution in [1.29, 1.82) is 0 Å². The molecular formula is C20H21NO6S. The molecule has 1 saturated heterocycles. The predicted octanol–water partition coefficient (Wildman–Crippen LogP) is 2.83. The van der Waals surface area contributed by atoms with Gasteiger partial charge < -0.3 is 24.2 Å². The predicted molar refractivity (Wildman–Crippen MR) is 105 cm³/mol. The molecule has 2 aromatic rings. The van der Waals surface area contributed by atoms with Crippen molar-refractivity contribution in [3.8, 4) is 11.5 Å². The first-order valence-electron chi connectivity index (χ1n) is 8.57. The molecule has 28 heavy (non-hydrogen) atoms. The number of carbonyl (C=O) groups is 2. The molecule has 8 heteroatoms. The maximum absolute atomic E-state index is 12.9. The molecule has 1 aromatic heterocycles. The van der Waals surface area contributed by atoms with Crippen LogP contribution in [0, 0.1) is 0 Å². The minimum absolute atomic E-state index is 0.00588. The van der Waals surface area contributed by atoms with E-state index in [-0.39, 0.29) is 30.0 Å². The second-order valence-electron chi connectivity index (χ2n) is 6.04. The molecule has 148 valence electrons. The average molecular weight is 403 g/mol. The lowest BCUT2D eigenvalue weighted by molar-refractivity contribution is -0.140. The van der Waals surface area contributed by atoms with Crippen LogP contribution in [0.3, 0.4) is 0 Å². The highest BCUT2D eigenvalue weighted by Crippen LogP contribution is 2.44. The van der Waals surface area contributed by atoms with Gasteiger partial charge in [0.25, 0.3) is 11.7 Å². The van der Waals surface area contributed by atoms with E-state index in [0.29, 0.717) is 11.5 Å². The van der Waals surface area contributed by atoms with Crippen molar-refractivity contribution >= 4 is 28.8 Å². The Hall–Kier alpha value is -2.84. The van der Waals surface area contributed by atoms with Gasteiger partial charge in [-0.15, -0.1) is 11.3 Å². The molecule has 1 amide bonds. The molecule has 0 spiro atoms. The fourth-order valence-corrected chi connectivity index (χ4v) is 4.11. The summed E-state index contributed by atoms with van der Waals surface area (Å²) in [5.41, 5.74) is 0.241. The Balaban J connectivity index is 2.23. The molecule has 1 fully saturated rings. The number of aliphatic hydroxyl groups excluding tert-OH is 1. The number of nitrogens with zero attached hydrogens (tertiary/aromatic N) is 1. The smallest absolute Gasteiger partial charge is 0.295 e. The second-order valence-corrected chi connectivity index (χ2v) is 7.02. The molecule has 0 bridgehead atoms. The van der Waals surface area contributed by atoms with Gasteiger partial charge >= 0.3 is 0 Å². The quantitative estimate of drug-likeness (QED) is 0.435. The number of carbonyl (C=O) groups excluding carboxylic acids is 2. The van der Waals surface area contributed by atoms with Crippen molar-refractivity contribution in [2.75, 3.05) is 34.5 Å². The van der Waals surface area contributed by atoms with Crippen molar-refractivity contribution < 1.29 is 28.9 Å². The Morgan fingerprint density at radius 2 is 1.79 bits per heavy atom. The van der Waals surface area contributed by atoms with E-state index in [1.54, 1.807) is 18.2 Å². The molecule has 3 rings (SSSR count). The number of thiophene rings is 1. The highest BCUT2D eigenvalue weighted by Gasteiger charge is 2.46. The van der Waals surface area contributed by atoms with Gasteiger partial charge in [0.2, 0.25) is 0 Å². The third-order valence-corrected chi connectivity index (χ3v) is 5.48. The normalized spacial score (nSPS) is 18.5. The molecule has 0 aliphatic carbocycles. The molecule has 7 nitrogen and oxygen atoms in total. The van der Waals surface area contributed by atoms with E-state index in [0.717, 1.165) is 4.88 Å². The number of ketones is 1. The number of amides is 1. The van der Waals surface area contributed by atoms with E-state index < -0.39 is 17.7 Å². The molecule has 1 aliphatic rings. The van der Waals surface area contributed by atoms with Crippen LogP contribution < -0.4 is 9.47 Å². The van der Waals surface area contributed by atoms with Gasteiger partial charge in [-0.1, -0.05) is 12.1 Å². The van der Waals surface area contributed by atoms with E-state index in [1.165, 1.54) is 37.6 Å². The third-order valence-electron chi connectivity index (χ3n) is 4.55. The number of Topliss-reactive ketones (excluding diaryl/α,β-unsaturated/α-hetero) is 1. The molecule has 1 N–H and O–H groups in total. The molecular weight excluding hydrogens is 382 g/mol. The fourth-order valence-electron chi connectivity index (χ4n) is 3.26. The standard InChI is InChI=1S/C20H21NO6S/c1-25-10-9-21-17(14-8-5-11-28-14)16(19(23)20(21)24)18(22)15-12(26-2)6-4-7-13(15)27-3/h4-8,11,17,22H,9-10H2,1-3H3/b18-16+. The molecule has 1 aliphatic heterocycles. The average Bonchev–Trinajstić information content (AvgIpc) is 3.32. The topological polar surface area (TPSA) is 85.3 Å². The Bertz CT molecular complexity index is 883. The van der Waals surface area contributed by atoms with Gasteiger partial charge in [0.15, 0.2) is 0 Å². The van der Waals surface area contributed by atoms with Crippen LogP contribution in [0.25, 0.3) is 5.76 Å². The van der Waals surface area contributed by atoms with Crippen LogP contribution in [0.1, 0.15) is 16.5 Å². The Kier molecular flexibility index (Phi) is 6.01. The second kappa shape index (κ2) is 8.45. The maximum atomic E-state index is 12.9. The summed E-state index contributed by atoms with van der Waals surface area (Å²) in [6.45, 7) is 0.496. The number of hydrogen-bond donors (Lipinski definition) is 1. The van der Waals surface area contributed by atoms with Crippen LogP contribution in [0.2, 0.25) is 0 Å². The van der Waals surface area contributed by atoms with E-state index in [9.17, 15) is 14.7 Å². The summed E-state index contributed by atoms with van der Waals surface area (Å²) >= 11 is 1.40. The minimum atomic E-state index is -0.750. The molecule has 2 heterocycles. The number of likely N-dealkylation sites (tertiary alicyclic amines) is 1. The molecule has 0 saturated carbocycles. The van der Waals surface area contributed by atoms with Crippen molar-refractivity contribution in [2.45, 2.75) is 6.04 Å². The monoisotopic (exact) mass is 403 g/mol. The Morgan fingerprint density at radius 1 is 1.11 bits per heavy atom. The van der Waals surface area contributed by atoms with Crippen LogP contribution in [0.5, 0.6) is 11.5 Å². The number of aliphatic hydroxyl groups is 1. The van der Waals surface area contributed by atoms with Gasteiger partial charge in [-0.05, 0) is 23.6 Å². The summed E-state index contributed by atoms with van der Waals surface area (Å²) in [6.07, 6.45) is 0. The zero-order valence-electron chi connectivity index (χ0n) is 15.8. The van der Waals surface area contributed by atoms with Crippen molar-refractivity contribution in [2.24, 2.45) is 0 Å².